The van der Waals surface area contributed by atoms with Crippen molar-refractivity contribution in [1.29, 1.82) is 0 Å². The molecule has 3 heteroatoms. The van der Waals surface area contributed by atoms with Crippen LogP contribution in [0.15, 0.2) is 6.07 Å². The number of nitrogens with one attached hydrogen (secondary N) is 1. The Bertz CT molecular complexity index is 313. The molecule has 0 aliphatic heterocycles. The van der Waals surface area contributed by atoms with Gasteiger partial charge in [0.15, 0.2) is 0 Å². The highest BCUT2D eigenvalue weighted by molar-refractivity contribution is 5.36. The van der Waals surface area contributed by atoms with Crippen molar-refractivity contribution >= 4 is 5.82 Å². The summed E-state index contributed by atoms with van der Waals surface area (Å²) in [7, 11) is 0. The molecule has 0 spiro atoms. The number of hydrogen-bond acceptors (Lipinski definition) is 2. The van der Waals surface area contributed by atoms with Crippen LogP contribution in [0.25, 0.3) is 0 Å². The van der Waals surface area contributed by atoms with E-state index < -0.39 is 0 Å². The Morgan fingerprint density at radius 2 is 1.88 bits per heavy atom. The number of aryl methyl sites for hydroxylation is 1. The minimum Gasteiger partial charge on any atom is -0.366 e. The third-order valence-corrected chi connectivity index (χ3v) is 3.22. The van der Waals surface area contributed by atoms with Crippen LogP contribution in [0.3, 0.4) is 0 Å². The van der Waals surface area contributed by atoms with E-state index in [0.717, 1.165) is 25.1 Å². The number of aromatic nitrogens is 2. The summed E-state index contributed by atoms with van der Waals surface area (Å²) in [5.74, 6) is 1.01. The average Bonchev–Trinajstić information content (AvgIpc) is 2.61. The second kappa shape index (κ2) is 5.92. The largest absolute Gasteiger partial charge is 0.366 e. The molecule has 1 heterocycles. The summed E-state index contributed by atoms with van der Waals surface area (Å²) < 4.78 is 2.16. The van der Waals surface area contributed by atoms with Crippen molar-refractivity contribution in [1.82, 2.24) is 9.78 Å². The highest BCUT2D eigenvalue weighted by atomic mass is 15.3. The van der Waals surface area contributed by atoms with Crippen molar-refractivity contribution in [2.75, 3.05) is 5.32 Å². The molecule has 0 amide bonds. The molecule has 0 fully saturated rings. The average molecular weight is 223 g/mol. The van der Waals surface area contributed by atoms with Gasteiger partial charge in [-0.2, -0.15) is 5.10 Å². The van der Waals surface area contributed by atoms with E-state index >= 15 is 0 Å². The monoisotopic (exact) mass is 223 g/mol. The fourth-order valence-electron chi connectivity index (χ4n) is 1.92. The lowest BCUT2D eigenvalue weighted by Crippen LogP contribution is -2.15. The predicted molar refractivity (Wildman–Crippen MR) is 70.0 cm³/mol. The molecular weight excluding hydrogens is 198 g/mol. The van der Waals surface area contributed by atoms with E-state index in [1.807, 2.05) is 0 Å². The Hall–Kier alpha value is -0.990. The van der Waals surface area contributed by atoms with Crippen molar-refractivity contribution in [3.8, 4) is 0 Å². The van der Waals surface area contributed by atoms with Crippen LogP contribution in [0.5, 0.6) is 0 Å². The standard InChI is InChI=1S/C13H25N3/c1-6-10(4)14-13-9-11(5)16(15-13)12(7-2)8-3/h9-10,12H,6-8H2,1-5H3,(H,14,15). The summed E-state index contributed by atoms with van der Waals surface area (Å²) >= 11 is 0. The molecular formula is C13H25N3. The highest BCUT2D eigenvalue weighted by Crippen LogP contribution is 2.20. The minimum atomic E-state index is 0.490. The van der Waals surface area contributed by atoms with E-state index in [4.69, 9.17) is 0 Å². The fraction of sp³-hybridized carbons (Fsp3) is 0.769. The van der Waals surface area contributed by atoms with Crippen LogP contribution in [0.2, 0.25) is 0 Å². The maximum absolute atomic E-state index is 4.65. The summed E-state index contributed by atoms with van der Waals surface area (Å²) in [6, 6.07) is 3.17. The molecule has 1 N–H and O–H groups in total. The number of anilines is 1. The molecule has 0 saturated heterocycles. The molecule has 1 atom stereocenters. The van der Waals surface area contributed by atoms with Crippen LogP contribution in [-0.2, 0) is 0 Å². The third kappa shape index (κ3) is 3.00. The third-order valence-electron chi connectivity index (χ3n) is 3.22. The van der Waals surface area contributed by atoms with Crippen molar-refractivity contribution < 1.29 is 0 Å². The molecule has 0 aliphatic carbocycles. The molecule has 1 aromatic rings. The quantitative estimate of drug-likeness (QED) is 0.795. The van der Waals surface area contributed by atoms with Crippen LogP contribution in [0, 0.1) is 6.92 Å². The van der Waals surface area contributed by atoms with Gasteiger partial charge in [0, 0.05) is 17.8 Å². The van der Waals surface area contributed by atoms with Gasteiger partial charge in [-0.1, -0.05) is 20.8 Å². The van der Waals surface area contributed by atoms with Gasteiger partial charge in [-0.25, -0.2) is 0 Å². The van der Waals surface area contributed by atoms with Gasteiger partial charge in [0.05, 0.1) is 6.04 Å². The van der Waals surface area contributed by atoms with E-state index in [1.54, 1.807) is 0 Å². The van der Waals surface area contributed by atoms with Gasteiger partial charge in [0.1, 0.15) is 5.82 Å². The van der Waals surface area contributed by atoms with Gasteiger partial charge in [-0.3, -0.25) is 4.68 Å². The number of nitrogens with zero attached hydrogens (tertiary/aromatic N) is 2. The van der Waals surface area contributed by atoms with Gasteiger partial charge in [-0.05, 0) is 33.1 Å². The minimum absolute atomic E-state index is 0.490. The molecule has 0 radical (unpaired) electrons. The topological polar surface area (TPSA) is 29.9 Å². The second-order valence-corrected chi connectivity index (χ2v) is 4.54. The zero-order valence-corrected chi connectivity index (χ0v) is 11.2. The first-order valence-electron chi connectivity index (χ1n) is 6.44. The van der Waals surface area contributed by atoms with E-state index in [2.05, 4.69) is 55.8 Å². The predicted octanol–water partition coefficient (Wildman–Crippen LogP) is 3.76. The van der Waals surface area contributed by atoms with E-state index in [9.17, 15) is 0 Å². The highest BCUT2D eigenvalue weighted by Gasteiger charge is 2.12. The maximum atomic E-state index is 4.65. The second-order valence-electron chi connectivity index (χ2n) is 4.54. The SMILES string of the molecule is CCC(C)Nc1cc(C)n(C(CC)CC)n1. The van der Waals surface area contributed by atoms with Crippen molar-refractivity contribution in [3.63, 3.8) is 0 Å². The Morgan fingerprint density at radius 3 is 2.38 bits per heavy atom. The van der Waals surface area contributed by atoms with Crippen molar-refractivity contribution in [3.05, 3.63) is 11.8 Å². The van der Waals surface area contributed by atoms with Gasteiger partial charge in [-0.15, -0.1) is 0 Å². The van der Waals surface area contributed by atoms with E-state index in [-0.39, 0.29) is 0 Å². The lowest BCUT2D eigenvalue weighted by molar-refractivity contribution is 0.420. The number of hydrogen-bond donors (Lipinski definition) is 1. The summed E-state index contributed by atoms with van der Waals surface area (Å²) in [5, 5.41) is 8.07. The molecule has 0 aliphatic rings. The van der Waals surface area contributed by atoms with Crippen LogP contribution in [0.1, 0.15) is 58.7 Å². The summed E-state index contributed by atoms with van der Waals surface area (Å²) in [6.45, 7) is 10.9. The normalized spacial score (nSPS) is 13.1. The van der Waals surface area contributed by atoms with Crippen LogP contribution in [0.4, 0.5) is 5.82 Å². The zero-order chi connectivity index (χ0) is 12.1. The van der Waals surface area contributed by atoms with Gasteiger partial charge in [0.25, 0.3) is 0 Å². The van der Waals surface area contributed by atoms with Crippen LogP contribution >= 0.6 is 0 Å². The smallest absolute Gasteiger partial charge is 0.148 e. The van der Waals surface area contributed by atoms with E-state index in [1.165, 1.54) is 5.69 Å². The summed E-state index contributed by atoms with van der Waals surface area (Å²) in [6.07, 6.45) is 3.40. The lowest BCUT2D eigenvalue weighted by atomic mass is 10.2. The molecule has 1 rings (SSSR count). The molecule has 16 heavy (non-hydrogen) atoms. The Morgan fingerprint density at radius 1 is 1.25 bits per heavy atom. The van der Waals surface area contributed by atoms with Crippen molar-refractivity contribution in [2.45, 2.75) is 66.0 Å². The van der Waals surface area contributed by atoms with Crippen LogP contribution in [-0.4, -0.2) is 15.8 Å². The molecule has 3 nitrogen and oxygen atoms in total. The Balaban J connectivity index is 2.80. The van der Waals surface area contributed by atoms with Gasteiger partial charge in [0.2, 0.25) is 0 Å². The fourth-order valence-corrected chi connectivity index (χ4v) is 1.92. The van der Waals surface area contributed by atoms with Gasteiger partial charge >= 0.3 is 0 Å². The Labute approximate surface area is 99.2 Å². The lowest BCUT2D eigenvalue weighted by Gasteiger charge is -2.15. The maximum Gasteiger partial charge on any atom is 0.148 e. The molecule has 0 saturated carbocycles. The summed E-state index contributed by atoms with van der Waals surface area (Å²) in [5.41, 5.74) is 1.25. The molecule has 1 aromatic heterocycles. The zero-order valence-electron chi connectivity index (χ0n) is 11.2. The molecule has 1 unspecified atom stereocenters. The molecule has 0 bridgehead atoms. The first-order valence-corrected chi connectivity index (χ1v) is 6.44. The number of rotatable bonds is 6. The summed E-state index contributed by atoms with van der Waals surface area (Å²) in [4.78, 5) is 0. The van der Waals surface area contributed by atoms with E-state index in [0.29, 0.717) is 12.1 Å². The van der Waals surface area contributed by atoms with Gasteiger partial charge < -0.3 is 5.32 Å². The molecule has 92 valence electrons. The first kappa shape index (κ1) is 13.1. The first-order chi connectivity index (χ1) is 7.62. The van der Waals surface area contributed by atoms with Crippen molar-refractivity contribution in [2.24, 2.45) is 0 Å². The Kier molecular flexibility index (Phi) is 4.84. The molecule has 0 aromatic carbocycles. The van der Waals surface area contributed by atoms with Crippen LogP contribution < -0.4 is 5.32 Å².